The van der Waals surface area contributed by atoms with E-state index < -0.39 is 29.5 Å². The number of aromatic nitrogens is 3. The standard InChI is InChI=1S/C23H17ClF5N5/c1-10-2-3-12(19(26)18(10)25)21-20-11(13-8-14(24)15(30)9-16(13)32-20)5-7-34(21)22-31-6-4-17(33-22)23(27,28)29/h2-4,6,8-9,21,32H,5,7,30H2,1H3. The molecule has 2 aromatic carbocycles. The Hall–Kier alpha value is -3.40. The maximum absolute atomic E-state index is 15.2. The SMILES string of the molecule is Cc1ccc(C2c3[nH]c4cc(N)c(Cl)cc4c3CCN2c2nccc(C(F)(F)F)n2)c(F)c1F. The van der Waals surface area contributed by atoms with Gasteiger partial charge in [-0.2, -0.15) is 13.2 Å². The number of nitrogens with one attached hydrogen (secondary N) is 1. The summed E-state index contributed by atoms with van der Waals surface area (Å²) < 4.78 is 69.7. The molecular weight excluding hydrogens is 477 g/mol. The number of H-pyrrole nitrogens is 1. The second-order valence-corrected chi connectivity index (χ2v) is 8.53. The maximum Gasteiger partial charge on any atom is 0.433 e. The molecule has 0 spiro atoms. The van der Waals surface area contributed by atoms with E-state index in [0.29, 0.717) is 28.3 Å². The molecule has 3 N–H and O–H groups in total. The number of hydrogen-bond acceptors (Lipinski definition) is 4. The molecule has 4 aromatic rings. The number of fused-ring (bicyclic) bond motifs is 3. The molecule has 5 nitrogen and oxygen atoms in total. The summed E-state index contributed by atoms with van der Waals surface area (Å²) in [6.45, 7) is 1.58. The highest BCUT2D eigenvalue weighted by atomic mass is 35.5. The maximum atomic E-state index is 15.2. The van der Waals surface area contributed by atoms with E-state index in [9.17, 15) is 17.6 Å². The number of hydrogen-bond donors (Lipinski definition) is 2. The quantitative estimate of drug-likeness (QED) is 0.267. The molecule has 3 heterocycles. The summed E-state index contributed by atoms with van der Waals surface area (Å²) in [5.74, 6) is -2.37. The normalized spacial score (nSPS) is 16.2. The van der Waals surface area contributed by atoms with Crippen LogP contribution in [0.1, 0.15) is 34.1 Å². The Morgan fingerprint density at radius 3 is 2.65 bits per heavy atom. The predicted octanol–water partition coefficient (Wildman–Crippen LogP) is 5.95. The van der Waals surface area contributed by atoms with Crippen LogP contribution in [-0.2, 0) is 12.6 Å². The second kappa shape index (κ2) is 7.83. The Bertz CT molecular complexity index is 1430. The summed E-state index contributed by atoms with van der Waals surface area (Å²) in [4.78, 5) is 12.3. The molecule has 0 amide bonds. The molecule has 0 saturated carbocycles. The van der Waals surface area contributed by atoms with Crippen molar-refractivity contribution in [3.63, 3.8) is 0 Å². The van der Waals surface area contributed by atoms with Crippen LogP contribution in [0.25, 0.3) is 10.9 Å². The summed E-state index contributed by atoms with van der Waals surface area (Å²) in [6.07, 6.45) is -3.32. The minimum Gasteiger partial charge on any atom is -0.397 e. The number of benzene rings is 2. The fourth-order valence-corrected chi connectivity index (χ4v) is 4.55. The van der Waals surface area contributed by atoms with Gasteiger partial charge in [-0.3, -0.25) is 0 Å². The fraction of sp³-hybridized carbons (Fsp3) is 0.217. The number of nitrogens with two attached hydrogens (primary N) is 1. The number of nitrogen functional groups attached to an aromatic ring is 1. The zero-order chi connectivity index (χ0) is 24.4. The average molecular weight is 494 g/mol. The number of nitrogens with zero attached hydrogens (tertiary/aromatic N) is 3. The van der Waals surface area contributed by atoms with Gasteiger partial charge in [0.2, 0.25) is 5.95 Å². The van der Waals surface area contributed by atoms with Crippen LogP contribution in [0.5, 0.6) is 0 Å². The van der Waals surface area contributed by atoms with E-state index in [1.807, 2.05) is 0 Å². The first-order valence-corrected chi connectivity index (χ1v) is 10.6. The van der Waals surface area contributed by atoms with Crippen molar-refractivity contribution >= 4 is 34.1 Å². The highest BCUT2D eigenvalue weighted by Crippen LogP contribution is 2.42. The molecule has 34 heavy (non-hydrogen) atoms. The Labute approximate surface area is 195 Å². The fourth-order valence-electron chi connectivity index (χ4n) is 4.38. The van der Waals surface area contributed by atoms with Gasteiger partial charge >= 0.3 is 6.18 Å². The molecule has 2 aromatic heterocycles. The first-order valence-electron chi connectivity index (χ1n) is 10.3. The van der Waals surface area contributed by atoms with Gasteiger partial charge in [0.15, 0.2) is 11.6 Å². The van der Waals surface area contributed by atoms with Crippen molar-refractivity contribution in [1.29, 1.82) is 0 Å². The summed E-state index contributed by atoms with van der Waals surface area (Å²) in [5, 5.41) is 1.08. The van der Waals surface area contributed by atoms with E-state index >= 15 is 4.39 Å². The monoisotopic (exact) mass is 493 g/mol. The Morgan fingerprint density at radius 2 is 1.91 bits per heavy atom. The molecule has 11 heteroatoms. The predicted molar refractivity (Wildman–Crippen MR) is 119 cm³/mol. The van der Waals surface area contributed by atoms with Crippen molar-refractivity contribution in [1.82, 2.24) is 15.0 Å². The van der Waals surface area contributed by atoms with E-state index in [2.05, 4.69) is 15.0 Å². The van der Waals surface area contributed by atoms with Crippen LogP contribution in [0, 0.1) is 18.6 Å². The van der Waals surface area contributed by atoms with Crippen LogP contribution >= 0.6 is 11.6 Å². The van der Waals surface area contributed by atoms with Crippen LogP contribution in [0.2, 0.25) is 5.02 Å². The zero-order valence-electron chi connectivity index (χ0n) is 17.6. The Balaban J connectivity index is 1.75. The Morgan fingerprint density at radius 1 is 1.15 bits per heavy atom. The van der Waals surface area contributed by atoms with E-state index in [1.54, 1.807) is 12.1 Å². The Kier molecular flexibility index (Phi) is 5.16. The van der Waals surface area contributed by atoms with Crippen LogP contribution in [-0.4, -0.2) is 21.5 Å². The van der Waals surface area contributed by atoms with E-state index in [1.165, 1.54) is 24.0 Å². The molecule has 0 saturated heterocycles. The summed E-state index contributed by atoms with van der Waals surface area (Å²) in [7, 11) is 0. The summed E-state index contributed by atoms with van der Waals surface area (Å²) >= 11 is 6.20. The topological polar surface area (TPSA) is 70.8 Å². The largest absolute Gasteiger partial charge is 0.433 e. The molecule has 1 aliphatic rings. The van der Waals surface area contributed by atoms with E-state index in [0.717, 1.165) is 23.2 Å². The molecule has 5 rings (SSSR count). The van der Waals surface area contributed by atoms with Crippen molar-refractivity contribution in [3.8, 4) is 0 Å². The first kappa shape index (κ1) is 22.4. The molecule has 0 aliphatic carbocycles. The molecule has 1 atom stereocenters. The second-order valence-electron chi connectivity index (χ2n) is 8.12. The third-order valence-corrected chi connectivity index (χ3v) is 6.36. The number of rotatable bonds is 2. The third kappa shape index (κ3) is 3.53. The van der Waals surface area contributed by atoms with E-state index in [-0.39, 0.29) is 23.6 Å². The number of aryl methyl sites for hydroxylation is 1. The van der Waals surface area contributed by atoms with Crippen molar-refractivity contribution in [2.24, 2.45) is 0 Å². The molecule has 1 aliphatic heterocycles. The number of aromatic amines is 1. The lowest BCUT2D eigenvalue weighted by atomic mass is 9.91. The molecule has 0 radical (unpaired) electrons. The lowest BCUT2D eigenvalue weighted by Gasteiger charge is -2.36. The third-order valence-electron chi connectivity index (χ3n) is 6.03. The van der Waals surface area contributed by atoms with Crippen molar-refractivity contribution in [2.45, 2.75) is 25.6 Å². The number of alkyl halides is 3. The zero-order valence-corrected chi connectivity index (χ0v) is 18.4. The highest BCUT2D eigenvalue weighted by Gasteiger charge is 2.38. The first-order chi connectivity index (χ1) is 16.1. The molecule has 1 unspecified atom stereocenters. The van der Waals surface area contributed by atoms with Crippen molar-refractivity contribution < 1.29 is 22.0 Å². The van der Waals surface area contributed by atoms with Gasteiger partial charge in [0.05, 0.1) is 10.7 Å². The van der Waals surface area contributed by atoms with Crippen molar-refractivity contribution in [3.05, 3.63) is 81.3 Å². The van der Waals surface area contributed by atoms with Crippen LogP contribution in [0.3, 0.4) is 0 Å². The van der Waals surface area contributed by atoms with Gasteiger partial charge in [-0.1, -0.05) is 23.7 Å². The number of anilines is 2. The van der Waals surface area contributed by atoms with Crippen molar-refractivity contribution in [2.75, 3.05) is 17.2 Å². The molecule has 0 fully saturated rings. The summed E-state index contributed by atoms with van der Waals surface area (Å²) in [6, 6.07) is 5.89. The van der Waals surface area contributed by atoms with Gasteiger partial charge in [0, 0.05) is 34.9 Å². The lowest BCUT2D eigenvalue weighted by molar-refractivity contribution is -0.141. The molecule has 176 valence electrons. The molecule has 0 bridgehead atoms. The minimum absolute atomic E-state index is 0.0595. The van der Waals surface area contributed by atoms with Gasteiger partial charge in [-0.15, -0.1) is 0 Å². The van der Waals surface area contributed by atoms with Gasteiger partial charge in [-0.25, -0.2) is 18.7 Å². The van der Waals surface area contributed by atoms with Gasteiger partial charge in [0.25, 0.3) is 0 Å². The minimum atomic E-state index is -4.69. The highest BCUT2D eigenvalue weighted by molar-refractivity contribution is 6.34. The van der Waals surface area contributed by atoms with E-state index in [4.69, 9.17) is 17.3 Å². The molecular formula is C23H17ClF5N5. The lowest BCUT2D eigenvalue weighted by Crippen LogP contribution is -2.38. The number of halogens is 6. The smallest absolute Gasteiger partial charge is 0.397 e. The van der Waals surface area contributed by atoms with Crippen LogP contribution in [0.15, 0.2) is 36.5 Å². The van der Waals surface area contributed by atoms with Gasteiger partial charge in [0.1, 0.15) is 11.7 Å². The van der Waals surface area contributed by atoms with Crippen LogP contribution < -0.4 is 10.6 Å². The van der Waals surface area contributed by atoms with Crippen LogP contribution in [0.4, 0.5) is 33.6 Å². The van der Waals surface area contributed by atoms with Gasteiger partial charge in [-0.05, 0) is 42.7 Å². The summed E-state index contributed by atoms with van der Waals surface area (Å²) in [5.41, 5.74) is 7.06. The van der Waals surface area contributed by atoms with Gasteiger partial charge < -0.3 is 15.6 Å². The average Bonchev–Trinajstić information content (AvgIpc) is 3.14.